The third kappa shape index (κ3) is 4.77. The zero-order valence-electron chi connectivity index (χ0n) is 19.1. The molecular formula is C27H27ClN4O2. The molecule has 6 nitrogen and oxygen atoms in total. The third-order valence-corrected chi connectivity index (χ3v) is 6.58. The van der Waals surface area contributed by atoms with Crippen LogP contribution in [0.5, 0.6) is 5.88 Å². The van der Waals surface area contributed by atoms with Crippen LogP contribution in [0.2, 0.25) is 5.02 Å². The van der Waals surface area contributed by atoms with Gasteiger partial charge in [0.25, 0.3) is 5.91 Å². The average molecular weight is 475 g/mol. The summed E-state index contributed by atoms with van der Waals surface area (Å²) in [4.78, 5) is 17.5. The fraction of sp³-hybridized carbons (Fsp3) is 0.296. The summed E-state index contributed by atoms with van der Waals surface area (Å²) in [6.45, 7) is 0.355. The zero-order chi connectivity index (χ0) is 23.5. The quantitative estimate of drug-likeness (QED) is 0.376. The van der Waals surface area contributed by atoms with Crippen molar-refractivity contribution in [3.8, 4) is 17.0 Å². The number of carbonyl (C=O) groups is 1. The van der Waals surface area contributed by atoms with Gasteiger partial charge in [-0.2, -0.15) is 10.1 Å². The predicted molar refractivity (Wildman–Crippen MR) is 134 cm³/mol. The third-order valence-electron chi connectivity index (χ3n) is 6.35. The van der Waals surface area contributed by atoms with Crippen molar-refractivity contribution in [2.75, 3.05) is 0 Å². The number of fused-ring (bicyclic) bond motifs is 1. The highest BCUT2D eigenvalue weighted by molar-refractivity contribution is 6.30. The minimum Gasteiger partial charge on any atom is -0.473 e. The maximum atomic E-state index is 12.9. The van der Waals surface area contributed by atoms with Crippen molar-refractivity contribution in [1.29, 1.82) is 0 Å². The van der Waals surface area contributed by atoms with Gasteiger partial charge in [0.05, 0.1) is 5.39 Å². The number of amides is 1. The summed E-state index contributed by atoms with van der Waals surface area (Å²) >= 11 is 6.19. The summed E-state index contributed by atoms with van der Waals surface area (Å²) in [5.74, 6) is 0.346. The van der Waals surface area contributed by atoms with Crippen LogP contribution in [-0.4, -0.2) is 26.7 Å². The van der Waals surface area contributed by atoms with Crippen LogP contribution in [-0.2, 0) is 13.7 Å². The Hall–Kier alpha value is -3.38. The summed E-state index contributed by atoms with van der Waals surface area (Å²) in [6, 6.07) is 19.7. The van der Waals surface area contributed by atoms with Crippen LogP contribution in [0.3, 0.4) is 0 Å². The van der Waals surface area contributed by atoms with Gasteiger partial charge in [-0.3, -0.25) is 4.79 Å². The number of benzene rings is 2. The van der Waals surface area contributed by atoms with Crippen molar-refractivity contribution < 1.29 is 9.53 Å². The van der Waals surface area contributed by atoms with Gasteiger partial charge in [-0.25, -0.2) is 4.68 Å². The molecule has 1 N–H and O–H groups in total. The molecule has 0 radical (unpaired) electrons. The molecule has 2 aromatic carbocycles. The molecule has 4 aromatic rings. The van der Waals surface area contributed by atoms with E-state index in [-0.39, 0.29) is 11.9 Å². The van der Waals surface area contributed by atoms with Crippen LogP contribution in [0.4, 0.5) is 0 Å². The van der Waals surface area contributed by atoms with Gasteiger partial charge >= 0.3 is 0 Å². The molecule has 1 saturated carbocycles. The number of pyridine rings is 1. The average Bonchev–Trinajstić information content (AvgIpc) is 3.19. The lowest BCUT2D eigenvalue weighted by Gasteiger charge is -2.22. The first kappa shape index (κ1) is 22.4. The molecule has 174 valence electrons. The summed E-state index contributed by atoms with van der Waals surface area (Å²) < 4.78 is 7.69. The second-order valence-electron chi connectivity index (χ2n) is 8.76. The molecule has 0 saturated heterocycles. The Morgan fingerprint density at radius 2 is 1.91 bits per heavy atom. The Morgan fingerprint density at radius 3 is 2.74 bits per heavy atom. The van der Waals surface area contributed by atoms with Gasteiger partial charge in [0.1, 0.15) is 6.61 Å². The van der Waals surface area contributed by atoms with Gasteiger partial charge in [0.2, 0.25) is 5.88 Å². The molecule has 0 spiro atoms. The predicted octanol–water partition coefficient (Wildman–Crippen LogP) is 5.93. The molecule has 5 rings (SSSR count). The van der Waals surface area contributed by atoms with Gasteiger partial charge in [0.15, 0.2) is 11.3 Å². The van der Waals surface area contributed by atoms with E-state index in [0.717, 1.165) is 47.8 Å². The first-order valence-electron chi connectivity index (χ1n) is 11.7. The number of nitrogens with zero attached hydrogens (tertiary/aromatic N) is 3. The Kier molecular flexibility index (Phi) is 6.50. The number of aryl methyl sites for hydroxylation is 1. The zero-order valence-corrected chi connectivity index (χ0v) is 19.9. The summed E-state index contributed by atoms with van der Waals surface area (Å²) in [5.41, 5.74) is 4.16. The molecule has 2 aromatic heterocycles. The highest BCUT2D eigenvalue weighted by Crippen LogP contribution is 2.28. The largest absolute Gasteiger partial charge is 0.473 e. The van der Waals surface area contributed by atoms with Gasteiger partial charge < -0.3 is 10.1 Å². The van der Waals surface area contributed by atoms with E-state index in [2.05, 4.69) is 21.5 Å². The highest BCUT2D eigenvalue weighted by Gasteiger charge is 2.22. The molecule has 1 amide bonds. The van der Waals surface area contributed by atoms with Crippen molar-refractivity contribution in [2.45, 2.75) is 44.8 Å². The normalized spacial score (nSPS) is 14.3. The van der Waals surface area contributed by atoms with Crippen LogP contribution in [0.25, 0.3) is 22.2 Å². The van der Waals surface area contributed by atoms with Crippen LogP contribution in [0, 0.1) is 0 Å². The van der Waals surface area contributed by atoms with Crippen molar-refractivity contribution in [3.05, 3.63) is 76.9 Å². The molecule has 0 atom stereocenters. The smallest absolute Gasteiger partial charge is 0.272 e. The summed E-state index contributed by atoms with van der Waals surface area (Å²) in [7, 11) is 1.80. The maximum absolute atomic E-state index is 12.9. The topological polar surface area (TPSA) is 69.0 Å². The van der Waals surface area contributed by atoms with E-state index >= 15 is 0 Å². The number of ether oxygens (including phenoxy) is 1. The molecular weight excluding hydrogens is 448 g/mol. The van der Waals surface area contributed by atoms with Crippen molar-refractivity contribution in [3.63, 3.8) is 0 Å². The summed E-state index contributed by atoms with van der Waals surface area (Å²) in [5, 5.41) is 9.01. The number of nitrogens with one attached hydrogen (secondary N) is 1. The molecule has 0 bridgehead atoms. The van der Waals surface area contributed by atoms with Crippen LogP contribution < -0.4 is 10.1 Å². The minimum atomic E-state index is -0.136. The second kappa shape index (κ2) is 9.85. The van der Waals surface area contributed by atoms with E-state index in [1.54, 1.807) is 17.8 Å². The van der Waals surface area contributed by atoms with E-state index in [9.17, 15) is 4.79 Å². The summed E-state index contributed by atoms with van der Waals surface area (Å²) in [6.07, 6.45) is 5.63. The maximum Gasteiger partial charge on any atom is 0.272 e. The SMILES string of the molecule is Cn1nc(C(=O)NC2CCCCC2)c2ccc(OCc3ccccc3-c3cccc(Cl)c3)nc21. The first-order valence-corrected chi connectivity index (χ1v) is 12.1. The van der Waals surface area contributed by atoms with Gasteiger partial charge in [0, 0.05) is 24.2 Å². The Labute approximate surface area is 203 Å². The fourth-order valence-corrected chi connectivity index (χ4v) is 4.79. The van der Waals surface area contributed by atoms with Crippen LogP contribution in [0.1, 0.15) is 48.2 Å². The number of rotatable bonds is 6. The Morgan fingerprint density at radius 1 is 1.09 bits per heavy atom. The van der Waals surface area contributed by atoms with Gasteiger partial charge in [-0.15, -0.1) is 0 Å². The van der Waals surface area contributed by atoms with Crippen molar-refractivity contribution in [1.82, 2.24) is 20.1 Å². The molecule has 34 heavy (non-hydrogen) atoms. The lowest BCUT2D eigenvalue weighted by molar-refractivity contribution is 0.0923. The Bertz CT molecular complexity index is 1330. The monoisotopic (exact) mass is 474 g/mol. The molecule has 0 unspecified atom stereocenters. The highest BCUT2D eigenvalue weighted by atomic mass is 35.5. The Balaban J connectivity index is 1.34. The number of hydrogen-bond acceptors (Lipinski definition) is 4. The molecule has 1 fully saturated rings. The van der Waals surface area contributed by atoms with E-state index in [1.165, 1.54) is 6.42 Å². The van der Waals surface area contributed by atoms with Crippen LogP contribution >= 0.6 is 11.6 Å². The fourth-order valence-electron chi connectivity index (χ4n) is 4.60. The molecule has 0 aliphatic heterocycles. The van der Waals surface area contributed by atoms with Gasteiger partial charge in [-0.1, -0.05) is 67.3 Å². The molecule has 7 heteroatoms. The van der Waals surface area contributed by atoms with E-state index < -0.39 is 0 Å². The van der Waals surface area contributed by atoms with Gasteiger partial charge in [-0.05, 0) is 47.7 Å². The first-order chi connectivity index (χ1) is 16.6. The van der Waals surface area contributed by atoms with E-state index in [1.807, 2.05) is 48.5 Å². The lowest BCUT2D eigenvalue weighted by Crippen LogP contribution is -2.36. The molecule has 2 heterocycles. The number of aromatic nitrogens is 3. The van der Waals surface area contributed by atoms with Crippen molar-refractivity contribution >= 4 is 28.5 Å². The van der Waals surface area contributed by atoms with E-state index in [0.29, 0.717) is 28.9 Å². The standard InChI is InChI=1S/C27H27ClN4O2/c1-32-26-23(25(31-32)27(33)29-21-11-3-2-4-12-21)14-15-24(30-26)34-17-19-8-5-6-13-22(19)18-9-7-10-20(28)16-18/h5-10,13-16,21H,2-4,11-12,17H2,1H3,(H,29,33). The number of carbonyl (C=O) groups excluding carboxylic acids is 1. The van der Waals surface area contributed by atoms with Crippen molar-refractivity contribution in [2.24, 2.45) is 7.05 Å². The van der Waals surface area contributed by atoms with Crippen LogP contribution in [0.15, 0.2) is 60.7 Å². The van der Waals surface area contributed by atoms with E-state index in [4.69, 9.17) is 16.3 Å². The minimum absolute atomic E-state index is 0.136. The lowest BCUT2D eigenvalue weighted by atomic mass is 9.95. The molecule has 1 aliphatic carbocycles. The number of hydrogen-bond donors (Lipinski definition) is 1. The molecule has 1 aliphatic rings. The number of halogens is 1. The second-order valence-corrected chi connectivity index (χ2v) is 9.19.